The van der Waals surface area contributed by atoms with Crippen molar-refractivity contribution in [2.75, 3.05) is 0 Å². The van der Waals surface area contributed by atoms with E-state index in [-0.39, 0.29) is 6.04 Å². The first-order valence-corrected chi connectivity index (χ1v) is 5.30. The van der Waals surface area contributed by atoms with Crippen LogP contribution in [-0.2, 0) is 20.5 Å². The Kier molecular flexibility index (Phi) is 2.78. The predicted molar refractivity (Wildman–Crippen MR) is 61.8 cm³/mol. The second-order valence-electron chi connectivity index (χ2n) is 4.17. The maximum Gasteiger partial charge on any atom is 0.0597 e. The van der Waals surface area contributed by atoms with E-state index in [0.29, 0.717) is 0 Å². The van der Waals surface area contributed by atoms with Crippen molar-refractivity contribution in [3.63, 3.8) is 0 Å². The monoisotopic (exact) mass is 219 g/mol. The van der Waals surface area contributed by atoms with Crippen LogP contribution in [0.25, 0.3) is 0 Å². The lowest BCUT2D eigenvalue weighted by Crippen LogP contribution is -2.16. The van der Waals surface area contributed by atoms with Crippen molar-refractivity contribution < 1.29 is 0 Å². The molecule has 2 heterocycles. The number of nitrogens with zero attached hydrogens (tertiary/aromatic N) is 4. The minimum atomic E-state index is -0.0320. The first kappa shape index (κ1) is 10.9. The first-order chi connectivity index (χ1) is 7.56. The highest BCUT2D eigenvalue weighted by Crippen LogP contribution is 2.15. The van der Waals surface area contributed by atoms with E-state index in [2.05, 4.69) is 10.2 Å². The van der Waals surface area contributed by atoms with E-state index in [1.165, 1.54) is 0 Å². The second kappa shape index (κ2) is 4.09. The summed E-state index contributed by atoms with van der Waals surface area (Å²) >= 11 is 0. The third-order valence-electron chi connectivity index (χ3n) is 2.63. The first-order valence-electron chi connectivity index (χ1n) is 5.30. The number of rotatable bonds is 3. The quantitative estimate of drug-likeness (QED) is 0.826. The van der Waals surface area contributed by atoms with E-state index in [9.17, 15) is 0 Å². The summed E-state index contributed by atoms with van der Waals surface area (Å²) in [5.74, 6) is 0. The van der Waals surface area contributed by atoms with Crippen LogP contribution in [0, 0.1) is 6.92 Å². The van der Waals surface area contributed by atoms with Gasteiger partial charge < -0.3 is 5.73 Å². The van der Waals surface area contributed by atoms with Gasteiger partial charge in [-0.1, -0.05) is 0 Å². The molecule has 0 spiro atoms. The molecule has 2 aromatic heterocycles. The molecule has 0 bridgehead atoms. The van der Waals surface area contributed by atoms with Gasteiger partial charge >= 0.3 is 0 Å². The third-order valence-corrected chi connectivity index (χ3v) is 2.63. The van der Waals surface area contributed by atoms with Gasteiger partial charge in [0.15, 0.2) is 0 Å². The molecule has 1 unspecified atom stereocenters. The zero-order valence-electron chi connectivity index (χ0n) is 9.88. The Balaban J connectivity index is 2.14. The lowest BCUT2D eigenvalue weighted by Gasteiger charge is -2.10. The van der Waals surface area contributed by atoms with Crippen molar-refractivity contribution in [3.05, 3.63) is 35.4 Å². The molecule has 0 saturated carbocycles. The summed E-state index contributed by atoms with van der Waals surface area (Å²) in [5, 5.41) is 8.42. The minimum absolute atomic E-state index is 0.0320. The number of hydrogen-bond acceptors (Lipinski definition) is 3. The summed E-state index contributed by atoms with van der Waals surface area (Å²) in [6.07, 6.45) is 4.62. The summed E-state index contributed by atoms with van der Waals surface area (Å²) < 4.78 is 3.63. The van der Waals surface area contributed by atoms with E-state index >= 15 is 0 Å². The summed E-state index contributed by atoms with van der Waals surface area (Å²) in [6.45, 7) is 1.97. The average Bonchev–Trinajstić information content (AvgIpc) is 2.73. The number of hydrogen-bond donors (Lipinski definition) is 1. The van der Waals surface area contributed by atoms with Gasteiger partial charge in [0.1, 0.15) is 0 Å². The Hall–Kier alpha value is -1.62. The van der Waals surface area contributed by atoms with Gasteiger partial charge in [0.05, 0.1) is 23.6 Å². The van der Waals surface area contributed by atoms with Gasteiger partial charge in [0.25, 0.3) is 0 Å². The SMILES string of the molecule is Cc1cc(C(N)Cc2cnn(C)c2)n(C)n1. The van der Waals surface area contributed by atoms with Crippen LogP contribution in [0.3, 0.4) is 0 Å². The van der Waals surface area contributed by atoms with Crippen LogP contribution in [0.5, 0.6) is 0 Å². The molecule has 2 N–H and O–H groups in total. The average molecular weight is 219 g/mol. The van der Waals surface area contributed by atoms with Gasteiger partial charge in [-0.05, 0) is 25.0 Å². The molecule has 0 aliphatic carbocycles. The molecule has 1 atom stereocenters. The van der Waals surface area contributed by atoms with E-state index in [4.69, 9.17) is 5.73 Å². The molecule has 0 saturated heterocycles. The van der Waals surface area contributed by atoms with Crippen LogP contribution >= 0.6 is 0 Å². The lowest BCUT2D eigenvalue weighted by molar-refractivity contribution is 0.615. The van der Waals surface area contributed by atoms with Crippen molar-refractivity contribution in [3.8, 4) is 0 Å². The predicted octanol–water partition coefficient (Wildman–Crippen LogP) is 0.705. The molecular formula is C11H17N5. The van der Waals surface area contributed by atoms with Crippen LogP contribution in [-0.4, -0.2) is 19.6 Å². The van der Waals surface area contributed by atoms with Gasteiger partial charge in [0.2, 0.25) is 0 Å². The van der Waals surface area contributed by atoms with E-state index in [1.807, 2.05) is 44.2 Å². The number of aryl methyl sites for hydroxylation is 3. The fourth-order valence-electron chi connectivity index (χ4n) is 1.91. The van der Waals surface area contributed by atoms with Crippen LogP contribution in [0.4, 0.5) is 0 Å². The Morgan fingerprint density at radius 3 is 2.69 bits per heavy atom. The maximum atomic E-state index is 6.15. The van der Waals surface area contributed by atoms with Crippen molar-refractivity contribution in [1.82, 2.24) is 19.6 Å². The molecular weight excluding hydrogens is 202 g/mol. The number of nitrogens with two attached hydrogens (primary N) is 1. The molecule has 0 aromatic carbocycles. The molecule has 2 rings (SSSR count). The Bertz CT molecular complexity index is 482. The van der Waals surface area contributed by atoms with Crippen LogP contribution in [0.1, 0.15) is 23.0 Å². The van der Waals surface area contributed by atoms with Gasteiger partial charge in [-0.25, -0.2) is 0 Å². The maximum absolute atomic E-state index is 6.15. The lowest BCUT2D eigenvalue weighted by atomic mass is 10.1. The Morgan fingerprint density at radius 1 is 1.44 bits per heavy atom. The summed E-state index contributed by atoms with van der Waals surface area (Å²) in [7, 11) is 3.83. The fraction of sp³-hybridized carbons (Fsp3) is 0.455. The molecule has 5 heteroatoms. The van der Waals surface area contributed by atoms with Crippen molar-refractivity contribution in [1.29, 1.82) is 0 Å². The Labute approximate surface area is 94.9 Å². The molecule has 0 amide bonds. The van der Waals surface area contributed by atoms with Crippen molar-refractivity contribution in [2.24, 2.45) is 19.8 Å². The highest BCUT2D eigenvalue weighted by Gasteiger charge is 2.12. The molecule has 0 fully saturated rings. The standard InChI is InChI=1S/C11H17N5/c1-8-4-11(16(3)14-8)10(12)5-9-6-13-15(2)7-9/h4,6-7,10H,5,12H2,1-3H3. The third kappa shape index (κ3) is 2.14. The van der Waals surface area contributed by atoms with Gasteiger partial charge in [-0.15, -0.1) is 0 Å². The summed E-state index contributed by atoms with van der Waals surface area (Å²) in [4.78, 5) is 0. The fourth-order valence-corrected chi connectivity index (χ4v) is 1.91. The van der Waals surface area contributed by atoms with Gasteiger partial charge in [-0.3, -0.25) is 9.36 Å². The highest BCUT2D eigenvalue weighted by molar-refractivity contribution is 5.16. The topological polar surface area (TPSA) is 61.7 Å². The van der Waals surface area contributed by atoms with Crippen molar-refractivity contribution >= 4 is 0 Å². The smallest absolute Gasteiger partial charge is 0.0597 e. The molecule has 16 heavy (non-hydrogen) atoms. The molecule has 0 aliphatic rings. The number of aromatic nitrogens is 4. The highest BCUT2D eigenvalue weighted by atomic mass is 15.3. The zero-order chi connectivity index (χ0) is 11.7. The van der Waals surface area contributed by atoms with Gasteiger partial charge in [-0.2, -0.15) is 10.2 Å². The molecule has 0 radical (unpaired) electrons. The van der Waals surface area contributed by atoms with Crippen LogP contribution in [0.2, 0.25) is 0 Å². The molecule has 5 nitrogen and oxygen atoms in total. The van der Waals surface area contributed by atoms with Gasteiger partial charge in [0, 0.05) is 20.3 Å². The molecule has 0 aliphatic heterocycles. The van der Waals surface area contributed by atoms with E-state index in [0.717, 1.165) is 23.4 Å². The van der Waals surface area contributed by atoms with Crippen LogP contribution < -0.4 is 5.73 Å². The summed E-state index contributed by atoms with van der Waals surface area (Å²) in [5.41, 5.74) is 9.36. The molecule has 2 aromatic rings. The second-order valence-corrected chi connectivity index (χ2v) is 4.17. The molecule has 86 valence electrons. The Morgan fingerprint density at radius 2 is 2.19 bits per heavy atom. The van der Waals surface area contributed by atoms with Crippen molar-refractivity contribution in [2.45, 2.75) is 19.4 Å². The van der Waals surface area contributed by atoms with E-state index in [1.54, 1.807) is 4.68 Å². The van der Waals surface area contributed by atoms with E-state index < -0.39 is 0 Å². The largest absolute Gasteiger partial charge is 0.322 e. The minimum Gasteiger partial charge on any atom is -0.322 e. The normalized spacial score (nSPS) is 13.0. The summed E-state index contributed by atoms with van der Waals surface area (Å²) in [6, 6.07) is 2.00. The zero-order valence-corrected chi connectivity index (χ0v) is 9.88. The van der Waals surface area contributed by atoms with Crippen LogP contribution in [0.15, 0.2) is 18.5 Å².